The van der Waals surface area contributed by atoms with Crippen molar-refractivity contribution in [1.82, 2.24) is 10.2 Å². The van der Waals surface area contributed by atoms with Gasteiger partial charge in [-0.3, -0.25) is 13.9 Å². The fraction of sp³-hybridized carbons (Fsp3) is 0.417. The third kappa shape index (κ3) is 8.02. The third-order valence-electron chi connectivity index (χ3n) is 5.14. The summed E-state index contributed by atoms with van der Waals surface area (Å²) in [6, 6.07) is 13.0. The van der Waals surface area contributed by atoms with E-state index in [0.717, 1.165) is 16.1 Å². The third-order valence-corrected chi connectivity index (χ3v) is 6.77. The second-order valence-electron chi connectivity index (χ2n) is 8.43. The highest BCUT2D eigenvalue weighted by Gasteiger charge is 2.30. The number of hydrogen-bond donors (Lipinski definition) is 1. The number of nitrogens with one attached hydrogen (secondary N) is 1. The summed E-state index contributed by atoms with van der Waals surface area (Å²) in [5.74, 6) is 0.124. The van der Waals surface area contributed by atoms with Crippen molar-refractivity contribution in [1.29, 1.82) is 0 Å². The average molecular weight is 555 g/mol. The van der Waals surface area contributed by atoms with E-state index in [-0.39, 0.29) is 18.4 Å². The van der Waals surface area contributed by atoms with E-state index in [0.29, 0.717) is 22.5 Å². The molecule has 1 N–H and O–H groups in total. The van der Waals surface area contributed by atoms with Crippen molar-refractivity contribution in [2.45, 2.75) is 33.4 Å². The molecule has 0 aliphatic rings. The van der Waals surface area contributed by atoms with E-state index < -0.39 is 28.5 Å². The number of benzene rings is 2. The van der Waals surface area contributed by atoms with Crippen molar-refractivity contribution < 1.29 is 22.7 Å². The lowest BCUT2D eigenvalue weighted by molar-refractivity contribution is -0.139. The highest BCUT2D eigenvalue weighted by Crippen LogP contribution is 2.23. The van der Waals surface area contributed by atoms with E-state index in [1.807, 2.05) is 13.8 Å². The molecule has 1 atom stereocenters. The SMILES string of the molecule is COc1ccc(CN(C(=O)CN(c2cccc(Br)c2)S(C)(=O)=O)[C@H](C)C(=O)NCC(C)C)cc1. The number of hydrogen-bond acceptors (Lipinski definition) is 5. The summed E-state index contributed by atoms with van der Waals surface area (Å²) in [6.45, 7) is 5.77. The molecule has 0 aliphatic heterocycles. The second-order valence-corrected chi connectivity index (χ2v) is 11.3. The lowest BCUT2D eigenvalue weighted by atomic mass is 10.1. The van der Waals surface area contributed by atoms with E-state index in [2.05, 4.69) is 21.2 Å². The minimum atomic E-state index is -3.76. The minimum Gasteiger partial charge on any atom is -0.497 e. The zero-order valence-electron chi connectivity index (χ0n) is 20.1. The zero-order valence-corrected chi connectivity index (χ0v) is 22.5. The number of amides is 2. The number of methoxy groups -OCH3 is 1. The lowest BCUT2D eigenvalue weighted by Crippen LogP contribution is -2.51. The molecular formula is C24H32BrN3O5S. The summed E-state index contributed by atoms with van der Waals surface area (Å²) < 4.78 is 32.0. The van der Waals surface area contributed by atoms with Gasteiger partial charge in [0.2, 0.25) is 21.8 Å². The first-order chi connectivity index (χ1) is 15.9. The van der Waals surface area contributed by atoms with Crippen LogP contribution in [0.3, 0.4) is 0 Å². The molecule has 0 unspecified atom stereocenters. The normalized spacial score (nSPS) is 12.2. The van der Waals surface area contributed by atoms with Crippen molar-refractivity contribution in [2.24, 2.45) is 5.92 Å². The highest BCUT2D eigenvalue weighted by atomic mass is 79.9. The maximum atomic E-state index is 13.5. The summed E-state index contributed by atoms with van der Waals surface area (Å²) in [5, 5.41) is 2.85. The molecule has 34 heavy (non-hydrogen) atoms. The van der Waals surface area contributed by atoms with Crippen LogP contribution in [0.15, 0.2) is 53.0 Å². The van der Waals surface area contributed by atoms with Crippen molar-refractivity contribution in [3.63, 3.8) is 0 Å². The Morgan fingerprint density at radius 3 is 2.26 bits per heavy atom. The van der Waals surface area contributed by atoms with Gasteiger partial charge in [-0.05, 0) is 48.7 Å². The first-order valence-corrected chi connectivity index (χ1v) is 13.5. The molecule has 0 aromatic heterocycles. The van der Waals surface area contributed by atoms with Crippen molar-refractivity contribution in [2.75, 3.05) is 30.8 Å². The maximum Gasteiger partial charge on any atom is 0.244 e. The Bertz CT molecular complexity index is 1090. The first kappa shape index (κ1) is 27.7. The fourth-order valence-corrected chi connectivity index (χ4v) is 4.44. The molecule has 0 saturated heterocycles. The van der Waals surface area contributed by atoms with Gasteiger partial charge in [-0.1, -0.05) is 48.0 Å². The van der Waals surface area contributed by atoms with Gasteiger partial charge in [0.15, 0.2) is 0 Å². The van der Waals surface area contributed by atoms with Crippen LogP contribution in [0.4, 0.5) is 5.69 Å². The Hall–Kier alpha value is -2.59. The van der Waals surface area contributed by atoms with Gasteiger partial charge in [-0.15, -0.1) is 0 Å². The fourth-order valence-electron chi connectivity index (χ4n) is 3.21. The van der Waals surface area contributed by atoms with Crippen LogP contribution in [-0.4, -0.2) is 57.6 Å². The average Bonchev–Trinajstić information content (AvgIpc) is 2.78. The van der Waals surface area contributed by atoms with Gasteiger partial charge in [0.1, 0.15) is 18.3 Å². The number of carbonyl (C=O) groups excluding carboxylic acids is 2. The molecule has 186 valence electrons. The van der Waals surface area contributed by atoms with Gasteiger partial charge in [0.25, 0.3) is 0 Å². The van der Waals surface area contributed by atoms with Gasteiger partial charge in [-0.2, -0.15) is 0 Å². The van der Waals surface area contributed by atoms with Gasteiger partial charge in [-0.25, -0.2) is 8.42 Å². The zero-order chi connectivity index (χ0) is 25.5. The van der Waals surface area contributed by atoms with Gasteiger partial charge in [0.05, 0.1) is 19.1 Å². The molecule has 0 aliphatic carbocycles. The van der Waals surface area contributed by atoms with Crippen molar-refractivity contribution in [3.8, 4) is 5.75 Å². The summed E-state index contributed by atoms with van der Waals surface area (Å²) in [6.07, 6.45) is 1.05. The predicted molar refractivity (Wildman–Crippen MR) is 137 cm³/mol. The van der Waals surface area contributed by atoms with Gasteiger partial charge >= 0.3 is 0 Å². The van der Waals surface area contributed by atoms with Crippen LogP contribution in [0.2, 0.25) is 0 Å². The smallest absolute Gasteiger partial charge is 0.244 e. The van der Waals surface area contributed by atoms with E-state index in [1.54, 1.807) is 62.6 Å². The van der Waals surface area contributed by atoms with Crippen LogP contribution < -0.4 is 14.4 Å². The molecule has 0 radical (unpaired) electrons. The summed E-state index contributed by atoms with van der Waals surface area (Å²) in [4.78, 5) is 27.7. The van der Waals surface area contributed by atoms with Crippen molar-refractivity contribution >= 4 is 43.5 Å². The van der Waals surface area contributed by atoms with Crippen LogP contribution in [0.5, 0.6) is 5.75 Å². The second kappa shape index (κ2) is 12.2. The van der Waals surface area contributed by atoms with E-state index in [4.69, 9.17) is 4.74 Å². The molecule has 2 aromatic rings. The predicted octanol–water partition coefficient (Wildman–Crippen LogP) is 3.41. The Morgan fingerprint density at radius 1 is 1.09 bits per heavy atom. The van der Waals surface area contributed by atoms with Gasteiger partial charge in [0, 0.05) is 17.6 Å². The molecule has 2 aromatic carbocycles. The quantitative estimate of drug-likeness (QED) is 0.460. The number of ether oxygens (including phenoxy) is 1. The summed E-state index contributed by atoms with van der Waals surface area (Å²) in [5.41, 5.74) is 1.14. The molecule has 0 heterocycles. The minimum absolute atomic E-state index is 0.134. The molecule has 10 heteroatoms. The van der Waals surface area contributed by atoms with Crippen LogP contribution in [0.25, 0.3) is 0 Å². The molecular weight excluding hydrogens is 522 g/mol. The maximum absolute atomic E-state index is 13.5. The number of nitrogens with zero attached hydrogens (tertiary/aromatic N) is 2. The summed E-state index contributed by atoms with van der Waals surface area (Å²) >= 11 is 3.34. The number of rotatable bonds is 11. The Labute approximate surface area is 210 Å². The molecule has 0 spiro atoms. The number of sulfonamides is 1. The number of anilines is 1. The topological polar surface area (TPSA) is 96.0 Å². The largest absolute Gasteiger partial charge is 0.497 e. The molecule has 0 fully saturated rings. The van der Waals surface area contributed by atoms with E-state index in [1.165, 1.54) is 4.90 Å². The Morgan fingerprint density at radius 2 is 1.74 bits per heavy atom. The van der Waals surface area contributed by atoms with E-state index >= 15 is 0 Å². The van der Waals surface area contributed by atoms with Crippen LogP contribution in [0, 0.1) is 5.92 Å². The molecule has 2 amide bonds. The monoisotopic (exact) mass is 553 g/mol. The first-order valence-electron chi connectivity index (χ1n) is 10.9. The number of halogens is 1. The Balaban J connectivity index is 2.36. The van der Waals surface area contributed by atoms with Crippen LogP contribution >= 0.6 is 15.9 Å². The van der Waals surface area contributed by atoms with Crippen LogP contribution in [-0.2, 0) is 26.2 Å². The standard InChI is InChI=1S/C24H32BrN3O5S/c1-17(2)14-26-24(30)18(3)27(15-19-9-11-22(33-4)12-10-19)23(29)16-28(34(5,31)32)21-8-6-7-20(25)13-21/h6-13,17-18H,14-16H2,1-5H3,(H,26,30)/t18-/m1/s1. The molecule has 8 nitrogen and oxygen atoms in total. The van der Waals surface area contributed by atoms with Crippen molar-refractivity contribution in [3.05, 3.63) is 58.6 Å². The van der Waals surface area contributed by atoms with Crippen LogP contribution in [0.1, 0.15) is 26.3 Å². The Kier molecular flexibility index (Phi) is 9.93. The van der Waals surface area contributed by atoms with E-state index in [9.17, 15) is 18.0 Å². The molecule has 2 rings (SSSR count). The summed E-state index contributed by atoms with van der Waals surface area (Å²) in [7, 11) is -2.20. The molecule has 0 bridgehead atoms. The number of carbonyl (C=O) groups is 2. The highest BCUT2D eigenvalue weighted by molar-refractivity contribution is 9.10. The van der Waals surface area contributed by atoms with Gasteiger partial charge < -0.3 is 15.0 Å². The lowest BCUT2D eigenvalue weighted by Gasteiger charge is -2.31. The molecule has 0 saturated carbocycles.